The minimum Gasteiger partial charge on any atom is -0.481 e. The molecule has 0 aliphatic carbocycles. The molecule has 0 amide bonds. The van der Waals surface area contributed by atoms with Crippen molar-refractivity contribution in [2.24, 2.45) is 7.05 Å². The van der Waals surface area contributed by atoms with Crippen molar-refractivity contribution in [1.29, 1.82) is 0 Å². The zero-order chi connectivity index (χ0) is 9.14. The molecule has 66 valence electrons. The molecular weight excluding hydrogens is 162 g/mol. The van der Waals surface area contributed by atoms with Crippen molar-refractivity contribution in [2.45, 2.75) is 13.0 Å². The van der Waals surface area contributed by atoms with Gasteiger partial charge in [-0.25, -0.2) is 9.48 Å². The summed E-state index contributed by atoms with van der Waals surface area (Å²) < 4.78 is 2.41. The SMILES string of the molecule is Cn1cnn(CCC(=O)O)c1=O. The van der Waals surface area contributed by atoms with Crippen molar-refractivity contribution in [3.05, 3.63) is 16.8 Å². The molecule has 0 atom stereocenters. The van der Waals surface area contributed by atoms with E-state index in [1.165, 1.54) is 10.9 Å². The Balaban J connectivity index is 2.70. The van der Waals surface area contributed by atoms with Crippen LogP contribution in [0.1, 0.15) is 6.42 Å². The van der Waals surface area contributed by atoms with E-state index in [2.05, 4.69) is 5.10 Å². The van der Waals surface area contributed by atoms with Crippen LogP contribution in [-0.4, -0.2) is 25.4 Å². The Bertz CT molecular complexity index is 338. The van der Waals surface area contributed by atoms with Gasteiger partial charge in [-0.15, -0.1) is 0 Å². The van der Waals surface area contributed by atoms with Crippen LogP contribution in [0, 0.1) is 0 Å². The highest BCUT2D eigenvalue weighted by Crippen LogP contribution is 1.83. The van der Waals surface area contributed by atoms with Gasteiger partial charge in [0.25, 0.3) is 0 Å². The Morgan fingerprint density at radius 2 is 2.42 bits per heavy atom. The van der Waals surface area contributed by atoms with E-state index in [0.29, 0.717) is 0 Å². The molecule has 0 aromatic carbocycles. The molecule has 0 aliphatic heterocycles. The molecule has 1 aromatic heterocycles. The second kappa shape index (κ2) is 3.21. The number of hydrogen-bond donors (Lipinski definition) is 1. The van der Waals surface area contributed by atoms with Crippen LogP contribution in [0.3, 0.4) is 0 Å². The maximum absolute atomic E-state index is 11.1. The van der Waals surface area contributed by atoms with Gasteiger partial charge < -0.3 is 5.11 Å². The van der Waals surface area contributed by atoms with E-state index in [-0.39, 0.29) is 18.7 Å². The van der Waals surface area contributed by atoms with E-state index in [9.17, 15) is 9.59 Å². The molecule has 1 rings (SSSR count). The van der Waals surface area contributed by atoms with Gasteiger partial charge in [0.1, 0.15) is 6.33 Å². The lowest BCUT2D eigenvalue weighted by Crippen LogP contribution is -2.24. The summed E-state index contributed by atoms with van der Waals surface area (Å²) in [5, 5.41) is 12.0. The van der Waals surface area contributed by atoms with Crippen molar-refractivity contribution in [1.82, 2.24) is 14.3 Å². The largest absolute Gasteiger partial charge is 0.481 e. The summed E-state index contributed by atoms with van der Waals surface area (Å²) in [7, 11) is 1.56. The number of aryl methyl sites for hydroxylation is 2. The van der Waals surface area contributed by atoms with Crippen molar-refractivity contribution < 1.29 is 9.90 Å². The first-order valence-corrected chi connectivity index (χ1v) is 3.41. The summed E-state index contributed by atoms with van der Waals surface area (Å²) in [6, 6.07) is 0. The predicted molar refractivity (Wildman–Crippen MR) is 39.7 cm³/mol. The molecule has 6 nitrogen and oxygen atoms in total. The molecule has 1 heterocycles. The summed E-state index contributed by atoms with van der Waals surface area (Å²) in [6.45, 7) is 0.120. The summed E-state index contributed by atoms with van der Waals surface area (Å²) in [4.78, 5) is 21.2. The van der Waals surface area contributed by atoms with Crippen LogP contribution in [0.2, 0.25) is 0 Å². The minimum atomic E-state index is -0.937. The number of carboxylic acid groups (broad SMARTS) is 1. The molecule has 1 N–H and O–H groups in total. The van der Waals surface area contributed by atoms with Gasteiger partial charge in [-0.1, -0.05) is 0 Å². The monoisotopic (exact) mass is 171 g/mol. The molecule has 0 bridgehead atoms. The van der Waals surface area contributed by atoms with E-state index in [1.807, 2.05) is 0 Å². The maximum atomic E-state index is 11.1. The highest BCUT2D eigenvalue weighted by Gasteiger charge is 2.03. The van der Waals surface area contributed by atoms with E-state index in [1.54, 1.807) is 7.05 Å². The Morgan fingerprint density at radius 1 is 1.75 bits per heavy atom. The lowest BCUT2D eigenvalue weighted by molar-refractivity contribution is -0.137. The zero-order valence-corrected chi connectivity index (χ0v) is 6.60. The second-order valence-corrected chi connectivity index (χ2v) is 2.39. The number of carbonyl (C=O) groups is 1. The first-order valence-electron chi connectivity index (χ1n) is 3.41. The van der Waals surface area contributed by atoms with Gasteiger partial charge in [0, 0.05) is 7.05 Å². The Hall–Kier alpha value is -1.59. The van der Waals surface area contributed by atoms with Crippen molar-refractivity contribution in [3.63, 3.8) is 0 Å². The third kappa shape index (κ3) is 1.71. The van der Waals surface area contributed by atoms with Crippen molar-refractivity contribution in [2.75, 3.05) is 0 Å². The third-order valence-corrected chi connectivity index (χ3v) is 1.42. The molecule has 0 spiro atoms. The number of nitrogens with zero attached hydrogens (tertiary/aromatic N) is 3. The van der Waals surface area contributed by atoms with Crippen molar-refractivity contribution >= 4 is 5.97 Å². The Labute approximate surface area is 68.0 Å². The maximum Gasteiger partial charge on any atom is 0.345 e. The zero-order valence-electron chi connectivity index (χ0n) is 6.60. The predicted octanol–water partition coefficient (Wildman–Crippen LogP) is -0.944. The van der Waals surface area contributed by atoms with Crippen LogP contribution in [0.5, 0.6) is 0 Å². The highest BCUT2D eigenvalue weighted by molar-refractivity contribution is 5.66. The van der Waals surface area contributed by atoms with Crippen LogP contribution in [-0.2, 0) is 18.4 Å². The number of aliphatic carboxylic acids is 1. The van der Waals surface area contributed by atoms with Gasteiger partial charge in [0.15, 0.2) is 0 Å². The number of rotatable bonds is 3. The van der Waals surface area contributed by atoms with Crippen LogP contribution >= 0.6 is 0 Å². The van der Waals surface area contributed by atoms with Crippen LogP contribution < -0.4 is 5.69 Å². The topological polar surface area (TPSA) is 77.1 Å². The molecule has 6 heteroatoms. The average Bonchev–Trinajstić information content (AvgIpc) is 2.30. The first kappa shape index (κ1) is 8.51. The smallest absolute Gasteiger partial charge is 0.345 e. The fourth-order valence-corrected chi connectivity index (χ4v) is 0.776. The van der Waals surface area contributed by atoms with Gasteiger partial charge in [-0.2, -0.15) is 5.10 Å². The average molecular weight is 171 g/mol. The fraction of sp³-hybridized carbons (Fsp3) is 0.500. The van der Waals surface area contributed by atoms with E-state index >= 15 is 0 Å². The standard InChI is InChI=1S/C6H9N3O3/c1-8-4-7-9(6(8)12)3-2-5(10)11/h4H,2-3H2,1H3,(H,10,11). The van der Waals surface area contributed by atoms with Gasteiger partial charge in [0.2, 0.25) is 0 Å². The van der Waals surface area contributed by atoms with E-state index in [4.69, 9.17) is 5.11 Å². The normalized spacial score (nSPS) is 10.1. The highest BCUT2D eigenvalue weighted by atomic mass is 16.4. The lowest BCUT2D eigenvalue weighted by Gasteiger charge is -1.93. The Morgan fingerprint density at radius 3 is 2.83 bits per heavy atom. The number of hydrogen-bond acceptors (Lipinski definition) is 3. The molecular formula is C6H9N3O3. The molecule has 0 radical (unpaired) electrons. The minimum absolute atomic E-state index is 0.0864. The Kier molecular flexibility index (Phi) is 2.27. The number of carboxylic acids is 1. The molecule has 0 unspecified atom stereocenters. The molecule has 0 saturated heterocycles. The van der Waals surface area contributed by atoms with Gasteiger partial charge in [0.05, 0.1) is 13.0 Å². The summed E-state index contributed by atoms with van der Waals surface area (Å²) in [5.41, 5.74) is -0.295. The summed E-state index contributed by atoms with van der Waals surface area (Å²) in [5.74, 6) is -0.937. The number of aromatic nitrogens is 3. The molecule has 0 aliphatic rings. The van der Waals surface area contributed by atoms with Crippen molar-refractivity contribution in [3.8, 4) is 0 Å². The lowest BCUT2D eigenvalue weighted by atomic mass is 10.4. The summed E-state index contributed by atoms with van der Waals surface area (Å²) in [6.07, 6.45) is 1.26. The van der Waals surface area contributed by atoms with Gasteiger partial charge in [-0.05, 0) is 0 Å². The van der Waals surface area contributed by atoms with Crippen LogP contribution in [0.15, 0.2) is 11.1 Å². The first-order chi connectivity index (χ1) is 5.61. The molecule has 1 aromatic rings. The quantitative estimate of drug-likeness (QED) is 0.636. The van der Waals surface area contributed by atoms with Crippen LogP contribution in [0.4, 0.5) is 0 Å². The molecule has 0 saturated carbocycles. The second-order valence-electron chi connectivity index (χ2n) is 2.39. The molecule has 12 heavy (non-hydrogen) atoms. The van der Waals surface area contributed by atoms with E-state index < -0.39 is 5.97 Å². The van der Waals surface area contributed by atoms with Gasteiger partial charge in [-0.3, -0.25) is 9.36 Å². The third-order valence-electron chi connectivity index (χ3n) is 1.42. The van der Waals surface area contributed by atoms with Crippen LogP contribution in [0.25, 0.3) is 0 Å². The summed E-state index contributed by atoms with van der Waals surface area (Å²) >= 11 is 0. The fourth-order valence-electron chi connectivity index (χ4n) is 0.776. The van der Waals surface area contributed by atoms with Gasteiger partial charge >= 0.3 is 11.7 Å². The molecule has 0 fully saturated rings. The van der Waals surface area contributed by atoms with E-state index in [0.717, 1.165) is 4.68 Å².